The molecule has 0 unspecified atom stereocenters. The van der Waals surface area contributed by atoms with Crippen LogP contribution in [0.25, 0.3) is 0 Å². The summed E-state index contributed by atoms with van der Waals surface area (Å²) in [4.78, 5) is 0. The Morgan fingerprint density at radius 1 is 0.362 bits per heavy atom. The monoisotopic (exact) mass is 678 g/mol. The minimum absolute atomic E-state index is 0.680. The standard InChI is InChI=1S/C42H63O3PS/c1-4-7-10-13-16-19-22-37-25-31-40(32-26-37)43-46(47,44-41-33-27-38(28-34-41)23-20-17-14-11-8-5-2)45-42-35-29-39(30-36-42)24-21-18-15-12-9-6-3/h25-36H,4-24H2,1-3H3. The molecule has 3 aromatic rings. The molecule has 0 N–H and O–H groups in total. The summed E-state index contributed by atoms with van der Waals surface area (Å²) in [6.45, 7) is 3.59. The van der Waals surface area contributed by atoms with Gasteiger partial charge in [0.25, 0.3) is 0 Å². The fourth-order valence-corrected chi connectivity index (χ4v) is 7.95. The van der Waals surface area contributed by atoms with Crippen molar-refractivity contribution in [2.24, 2.45) is 0 Å². The molecule has 0 saturated carbocycles. The Morgan fingerprint density at radius 2 is 0.596 bits per heavy atom. The molecule has 0 atom stereocenters. The SMILES string of the molecule is CCCCCCCCc1ccc(OP(=S)(Oc2ccc(CCCCCCCC)cc2)Oc2ccc(CCCCCCCC)cc2)cc1. The topological polar surface area (TPSA) is 27.7 Å². The predicted octanol–water partition coefficient (Wildman–Crippen LogP) is 14.2. The zero-order valence-corrected chi connectivity index (χ0v) is 31.6. The summed E-state index contributed by atoms with van der Waals surface area (Å²) in [6, 6.07) is 24.9. The van der Waals surface area contributed by atoms with Gasteiger partial charge in [-0.25, -0.2) is 0 Å². The Kier molecular flexibility index (Phi) is 19.9. The van der Waals surface area contributed by atoms with Crippen molar-refractivity contribution in [3.05, 3.63) is 89.5 Å². The minimum atomic E-state index is -3.21. The maximum atomic E-state index is 6.40. The second-order valence-electron chi connectivity index (χ2n) is 13.2. The first-order chi connectivity index (χ1) is 23.0. The molecule has 0 heterocycles. The van der Waals surface area contributed by atoms with Crippen molar-refractivity contribution in [1.29, 1.82) is 0 Å². The molecule has 5 heteroatoms. The first-order valence-corrected chi connectivity index (χ1v) is 21.5. The van der Waals surface area contributed by atoms with Gasteiger partial charge in [-0.15, -0.1) is 0 Å². The van der Waals surface area contributed by atoms with E-state index in [-0.39, 0.29) is 0 Å². The molecule has 0 aliphatic rings. The molecule has 47 heavy (non-hydrogen) atoms. The van der Waals surface area contributed by atoms with E-state index in [2.05, 4.69) is 57.2 Å². The molecule has 0 saturated heterocycles. The molecule has 0 aliphatic heterocycles. The van der Waals surface area contributed by atoms with Crippen molar-refractivity contribution in [2.45, 2.75) is 156 Å². The summed E-state index contributed by atoms with van der Waals surface area (Å²) >= 11 is 6.05. The van der Waals surface area contributed by atoms with Gasteiger partial charge in [0.1, 0.15) is 17.2 Å². The van der Waals surface area contributed by atoms with Crippen LogP contribution < -0.4 is 13.6 Å². The Labute approximate surface area is 293 Å². The van der Waals surface area contributed by atoms with Gasteiger partial charge in [0.15, 0.2) is 0 Å². The zero-order chi connectivity index (χ0) is 33.4. The Bertz CT molecular complexity index is 1080. The normalized spacial score (nSPS) is 11.5. The highest BCUT2D eigenvalue weighted by atomic mass is 32.5. The Balaban J connectivity index is 1.62. The molecule has 0 bridgehead atoms. The molecular formula is C42H63O3PS. The van der Waals surface area contributed by atoms with E-state index < -0.39 is 6.72 Å². The van der Waals surface area contributed by atoms with Crippen LogP contribution in [0.1, 0.15) is 153 Å². The highest BCUT2D eigenvalue weighted by molar-refractivity contribution is 8.08. The van der Waals surface area contributed by atoms with Gasteiger partial charge < -0.3 is 13.6 Å². The number of rotatable bonds is 27. The van der Waals surface area contributed by atoms with Crippen LogP contribution in [0, 0.1) is 0 Å². The van der Waals surface area contributed by atoms with Crippen LogP contribution in [0.2, 0.25) is 0 Å². The maximum absolute atomic E-state index is 6.40. The average Bonchev–Trinajstić information content (AvgIpc) is 3.08. The van der Waals surface area contributed by atoms with Crippen LogP contribution in [-0.4, -0.2) is 0 Å². The number of benzene rings is 3. The minimum Gasteiger partial charge on any atom is -0.407 e. The first-order valence-electron chi connectivity index (χ1n) is 19.0. The molecule has 3 rings (SSSR count). The number of unbranched alkanes of at least 4 members (excludes halogenated alkanes) is 15. The summed E-state index contributed by atoms with van der Waals surface area (Å²) in [5.41, 5.74) is 3.97. The Hall–Kier alpha value is -2.29. The van der Waals surface area contributed by atoms with E-state index in [0.717, 1.165) is 19.3 Å². The van der Waals surface area contributed by atoms with Gasteiger partial charge in [0, 0.05) is 11.8 Å². The lowest BCUT2D eigenvalue weighted by molar-refractivity contribution is 0.384. The van der Waals surface area contributed by atoms with E-state index >= 15 is 0 Å². The molecule has 3 nitrogen and oxygen atoms in total. The molecule has 0 spiro atoms. The van der Waals surface area contributed by atoms with E-state index in [4.69, 9.17) is 25.4 Å². The van der Waals surface area contributed by atoms with E-state index in [1.165, 1.54) is 132 Å². The van der Waals surface area contributed by atoms with E-state index in [1.807, 2.05) is 36.4 Å². The smallest absolute Gasteiger partial charge is 0.407 e. The molecule has 0 aliphatic carbocycles. The van der Waals surface area contributed by atoms with Crippen LogP contribution >= 0.6 is 6.72 Å². The predicted molar refractivity (Wildman–Crippen MR) is 207 cm³/mol. The fourth-order valence-electron chi connectivity index (χ4n) is 5.92. The number of aryl methyl sites for hydroxylation is 3. The third kappa shape index (κ3) is 17.1. The van der Waals surface area contributed by atoms with Gasteiger partial charge >= 0.3 is 6.72 Å². The second kappa shape index (κ2) is 23.9. The van der Waals surface area contributed by atoms with Crippen LogP contribution in [0.4, 0.5) is 0 Å². The summed E-state index contributed by atoms with van der Waals surface area (Å²) in [7, 11) is 0. The number of hydrogen-bond acceptors (Lipinski definition) is 4. The van der Waals surface area contributed by atoms with Gasteiger partial charge in [-0.2, -0.15) is 0 Å². The summed E-state index contributed by atoms with van der Waals surface area (Å²) in [5.74, 6) is 2.04. The third-order valence-electron chi connectivity index (χ3n) is 8.88. The molecule has 0 fully saturated rings. The summed E-state index contributed by atoms with van der Waals surface area (Å²) < 4.78 is 19.2. The van der Waals surface area contributed by atoms with E-state index in [9.17, 15) is 0 Å². The summed E-state index contributed by atoms with van der Waals surface area (Å²) in [6.07, 6.45) is 26.7. The van der Waals surface area contributed by atoms with Crippen LogP contribution in [0.15, 0.2) is 72.8 Å². The van der Waals surface area contributed by atoms with Crippen molar-refractivity contribution >= 4 is 18.5 Å². The second-order valence-corrected chi connectivity index (χ2v) is 16.0. The average molecular weight is 679 g/mol. The summed E-state index contributed by atoms with van der Waals surface area (Å²) in [5, 5.41) is 0. The van der Waals surface area contributed by atoms with Gasteiger partial charge in [-0.05, 0) is 91.6 Å². The van der Waals surface area contributed by atoms with E-state index in [1.54, 1.807) is 0 Å². The molecule has 0 radical (unpaired) electrons. The molecule has 0 aromatic heterocycles. The zero-order valence-electron chi connectivity index (χ0n) is 29.9. The highest BCUT2D eigenvalue weighted by Crippen LogP contribution is 2.50. The van der Waals surface area contributed by atoms with Crippen molar-refractivity contribution in [2.75, 3.05) is 0 Å². The van der Waals surface area contributed by atoms with Crippen LogP contribution in [-0.2, 0) is 31.1 Å². The largest absolute Gasteiger partial charge is 0.490 e. The number of hydrogen-bond donors (Lipinski definition) is 0. The molecule has 3 aromatic carbocycles. The van der Waals surface area contributed by atoms with Crippen LogP contribution in [0.5, 0.6) is 17.2 Å². The van der Waals surface area contributed by atoms with Crippen molar-refractivity contribution in [3.63, 3.8) is 0 Å². The third-order valence-corrected chi connectivity index (χ3v) is 10.9. The van der Waals surface area contributed by atoms with Crippen LogP contribution in [0.3, 0.4) is 0 Å². The van der Waals surface area contributed by atoms with Gasteiger partial charge in [0.2, 0.25) is 0 Å². The lowest BCUT2D eigenvalue weighted by Crippen LogP contribution is -2.07. The van der Waals surface area contributed by atoms with Crippen molar-refractivity contribution in [3.8, 4) is 17.2 Å². The van der Waals surface area contributed by atoms with Crippen molar-refractivity contribution < 1.29 is 13.6 Å². The fraction of sp³-hybridized carbons (Fsp3) is 0.571. The van der Waals surface area contributed by atoms with E-state index in [0.29, 0.717) is 17.2 Å². The van der Waals surface area contributed by atoms with Gasteiger partial charge in [0.05, 0.1) is 0 Å². The molecule has 260 valence electrons. The van der Waals surface area contributed by atoms with Crippen molar-refractivity contribution in [1.82, 2.24) is 0 Å². The quantitative estimate of drug-likeness (QED) is 0.0592. The first kappa shape index (κ1) is 39.2. The maximum Gasteiger partial charge on any atom is 0.490 e. The molecular weight excluding hydrogens is 616 g/mol. The lowest BCUT2D eigenvalue weighted by Gasteiger charge is -2.23. The van der Waals surface area contributed by atoms with Gasteiger partial charge in [-0.3, -0.25) is 0 Å². The molecule has 0 amide bonds. The van der Waals surface area contributed by atoms with Gasteiger partial charge in [-0.1, -0.05) is 153 Å². The Morgan fingerprint density at radius 3 is 0.851 bits per heavy atom. The highest BCUT2D eigenvalue weighted by Gasteiger charge is 2.27. The lowest BCUT2D eigenvalue weighted by atomic mass is 10.1.